The lowest BCUT2D eigenvalue weighted by Crippen LogP contribution is -2.01. The number of anilines is 1. The highest BCUT2D eigenvalue weighted by molar-refractivity contribution is 7.84. The molecule has 0 radical (unpaired) electrons. The number of para-hydroxylation sites is 1. The molecule has 92 valence electrons. The molecule has 1 atom stereocenters. The van der Waals surface area contributed by atoms with Gasteiger partial charge in [-0.1, -0.05) is 18.2 Å². The second-order valence-corrected chi connectivity index (χ2v) is 6.01. The average molecular weight is 277 g/mol. The first-order valence-electron chi connectivity index (χ1n) is 5.38. The molecule has 0 aliphatic carbocycles. The molecule has 2 heterocycles. The molecular formula is C12H11N3OS2. The van der Waals surface area contributed by atoms with E-state index in [-0.39, 0.29) is 0 Å². The maximum atomic E-state index is 12.2. The molecule has 3 N–H and O–H groups in total. The third-order valence-electron chi connectivity index (χ3n) is 2.66. The molecule has 0 fully saturated rings. The van der Waals surface area contributed by atoms with E-state index in [1.807, 2.05) is 35.0 Å². The monoisotopic (exact) mass is 277 g/mol. The number of H-pyrrole nitrogens is 1. The molecule has 0 aliphatic heterocycles. The van der Waals surface area contributed by atoms with Crippen LogP contribution in [0.4, 0.5) is 5.69 Å². The molecule has 6 heteroatoms. The van der Waals surface area contributed by atoms with Crippen LogP contribution in [0.3, 0.4) is 0 Å². The van der Waals surface area contributed by atoms with Crippen molar-refractivity contribution >= 4 is 38.9 Å². The van der Waals surface area contributed by atoms with Crippen LogP contribution in [0.15, 0.2) is 40.2 Å². The van der Waals surface area contributed by atoms with Gasteiger partial charge in [-0.15, -0.1) is 11.3 Å². The van der Waals surface area contributed by atoms with Gasteiger partial charge in [0.25, 0.3) is 0 Å². The number of nitrogens with zero attached hydrogens (tertiary/aromatic N) is 1. The Labute approximate surface area is 110 Å². The molecule has 1 unspecified atom stereocenters. The number of aromatic nitrogens is 2. The number of hydrogen-bond donors (Lipinski definition) is 2. The number of imidazole rings is 1. The van der Waals surface area contributed by atoms with Gasteiger partial charge in [-0.25, -0.2) is 4.98 Å². The summed E-state index contributed by atoms with van der Waals surface area (Å²) in [5.41, 5.74) is 9.19. The first kappa shape index (κ1) is 11.4. The smallest absolute Gasteiger partial charge is 0.197 e. The summed E-state index contributed by atoms with van der Waals surface area (Å²) in [6, 6.07) is 7.46. The normalized spacial score (nSPS) is 12.9. The standard InChI is InChI=1S/C12H11N3OS2/c13-9-4-2-1-3-8(9)7-18(16)12-14-10-5-17-6-11(10)15-12/h1-6H,7,13H2,(H,14,15). The molecule has 1 aromatic carbocycles. The van der Waals surface area contributed by atoms with Crippen LogP contribution in [0.1, 0.15) is 5.56 Å². The number of rotatable bonds is 3. The second-order valence-electron chi connectivity index (χ2n) is 3.90. The Morgan fingerprint density at radius 2 is 2.17 bits per heavy atom. The third-order valence-corrected chi connectivity index (χ3v) is 4.59. The van der Waals surface area contributed by atoms with E-state index >= 15 is 0 Å². The van der Waals surface area contributed by atoms with Gasteiger partial charge in [0.15, 0.2) is 5.16 Å². The van der Waals surface area contributed by atoms with Crippen molar-refractivity contribution in [2.24, 2.45) is 0 Å². The number of benzene rings is 1. The van der Waals surface area contributed by atoms with E-state index < -0.39 is 10.8 Å². The quantitative estimate of drug-likeness (QED) is 0.723. The summed E-state index contributed by atoms with van der Waals surface area (Å²) in [6.07, 6.45) is 0. The minimum atomic E-state index is -1.20. The van der Waals surface area contributed by atoms with Crippen molar-refractivity contribution in [1.82, 2.24) is 9.97 Å². The van der Waals surface area contributed by atoms with Gasteiger partial charge in [-0.2, -0.15) is 0 Å². The predicted molar refractivity (Wildman–Crippen MR) is 74.9 cm³/mol. The molecule has 2 aromatic heterocycles. The molecule has 3 rings (SSSR count). The topological polar surface area (TPSA) is 71.8 Å². The van der Waals surface area contributed by atoms with E-state index in [2.05, 4.69) is 9.97 Å². The van der Waals surface area contributed by atoms with E-state index in [4.69, 9.17) is 5.73 Å². The van der Waals surface area contributed by atoms with Gasteiger partial charge < -0.3 is 10.7 Å². The highest BCUT2D eigenvalue weighted by atomic mass is 32.2. The molecule has 4 nitrogen and oxygen atoms in total. The molecule has 0 saturated carbocycles. The number of nitrogens with one attached hydrogen (secondary N) is 1. The first-order chi connectivity index (χ1) is 8.74. The number of hydrogen-bond acceptors (Lipinski definition) is 4. The maximum absolute atomic E-state index is 12.2. The van der Waals surface area contributed by atoms with Gasteiger partial charge in [0.1, 0.15) is 5.52 Å². The van der Waals surface area contributed by atoms with Crippen molar-refractivity contribution in [3.63, 3.8) is 0 Å². The Kier molecular flexibility index (Phi) is 2.89. The molecule has 0 aliphatic rings. The Bertz CT molecular complexity index is 688. The molecule has 0 amide bonds. The Morgan fingerprint density at radius 3 is 2.94 bits per heavy atom. The van der Waals surface area contributed by atoms with Gasteiger partial charge in [0.2, 0.25) is 0 Å². The summed E-state index contributed by atoms with van der Waals surface area (Å²) in [5, 5.41) is 4.40. The highest BCUT2D eigenvalue weighted by Gasteiger charge is 2.12. The first-order valence-corrected chi connectivity index (χ1v) is 7.64. The van der Waals surface area contributed by atoms with E-state index in [1.54, 1.807) is 11.3 Å². The summed E-state index contributed by atoms with van der Waals surface area (Å²) < 4.78 is 12.2. The lowest BCUT2D eigenvalue weighted by Gasteiger charge is -2.03. The minimum Gasteiger partial charge on any atom is -0.398 e. The molecular weight excluding hydrogens is 266 g/mol. The van der Waals surface area contributed by atoms with Crippen LogP contribution >= 0.6 is 11.3 Å². The van der Waals surface area contributed by atoms with E-state index in [0.29, 0.717) is 16.6 Å². The zero-order chi connectivity index (χ0) is 12.5. The van der Waals surface area contributed by atoms with Crippen LogP contribution in [0, 0.1) is 0 Å². The molecule has 0 saturated heterocycles. The summed E-state index contributed by atoms with van der Waals surface area (Å²) in [4.78, 5) is 7.39. The van der Waals surface area contributed by atoms with Crippen LogP contribution in [-0.4, -0.2) is 14.2 Å². The average Bonchev–Trinajstić information content (AvgIpc) is 2.92. The van der Waals surface area contributed by atoms with Crippen molar-refractivity contribution in [3.8, 4) is 0 Å². The fourth-order valence-corrected chi connectivity index (χ4v) is 3.50. The van der Waals surface area contributed by atoms with Crippen molar-refractivity contribution in [3.05, 3.63) is 40.6 Å². The van der Waals surface area contributed by atoms with E-state index in [1.165, 1.54) is 0 Å². The highest BCUT2D eigenvalue weighted by Crippen LogP contribution is 2.20. The maximum Gasteiger partial charge on any atom is 0.197 e. The number of nitrogens with two attached hydrogens (primary N) is 1. The van der Waals surface area contributed by atoms with Crippen LogP contribution in [0.5, 0.6) is 0 Å². The third kappa shape index (κ3) is 2.04. The zero-order valence-electron chi connectivity index (χ0n) is 9.42. The number of fused-ring (bicyclic) bond motifs is 1. The van der Waals surface area contributed by atoms with Crippen LogP contribution < -0.4 is 5.73 Å². The Morgan fingerprint density at radius 1 is 1.33 bits per heavy atom. The number of nitrogen functional groups attached to an aromatic ring is 1. The lowest BCUT2D eigenvalue weighted by atomic mass is 10.2. The summed E-state index contributed by atoms with van der Waals surface area (Å²) >= 11 is 1.57. The molecule has 0 bridgehead atoms. The van der Waals surface area contributed by atoms with Gasteiger partial charge in [0.05, 0.1) is 22.1 Å². The summed E-state index contributed by atoms with van der Waals surface area (Å²) in [6.45, 7) is 0. The summed E-state index contributed by atoms with van der Waals surface area (Å²) in [7, 11) is -1.20. The van der Waals surface area contributed by atoms with Crippen LogP contribution in [0.2, 0.25) is 0 Å². The lowest BCUT2D eigenvalue weighted by molar-refractivity contribution is 0.677. The van der Waals surface area contributed by atoms with Gasteiger partial charge in [0, 0.05) is 16.4 Å². The van der Waals surface area contributed by atoms with Crippen molar-refractivity contribution < 1.29 is 4.21 Å². The SMILES string of the molecule is Nc1ccccc1CS(=O)c1nc2cscc2[nH]1. The predicted octanol–water partition coefficient (Wildman–Crippen LogP) is 2.51. The minimum absolute atomic E-state index is 0.381. The van der Waals surface area contributed by atoms with E-state index in [0.717, 1.165) is 16.6 Å². The fraction of sp³-hybridized carbons (Fsp3) is 0.0833. The van der Waals surface area contributed by atoms with Crippen molar-refractivity contribution in [2.45, 2.75) is 10.9 Å². The fourth-order valence-electron chi connectivity index (χ4n) is 1.71. The number of aromatic amines is 1. The van der Waals surface area contributed by atoms with Crippen molar-refractivity contribution in [2.75, 3.05) is 5.73 Å². The van der Waals surface area contributed by atoms with Gasteiger partial charge in [-0.05, 0) is 11.6 Å². The zero-order valence-corrected chi connectivity index (χ0v) is 11.1. The van der Waals surface area contributed by atoms with Crippen LogP contribution in [-0.2, 0) is 16.6 Å². The van der Waals surface area contributed by atoms with E-state index in [9.17, 15) is 4.21 Å². The summed E-state index contributed by atoms with van der Waals surface area (Å²) in [5.74, 6) is 0.381. The van der Waals surface area contributed by atoms with Crippen molar-refractivity contribution in [1.29, 1.82) is 0 Å². The Balaban J connectivity index is 1.87. The largest absolute Gasteiger partial charge is 0.398 e. The van der Waals surface area contributed by atoms with Gasteiger partial charge >= 0.3 is 0 Å². The molecule has 18 heavy (non-hydrogen) atoms. The van der Waals surface area contributed by atoms with Gasteiger partial charge in [-0.3, -0.25) is 4.21 Å². The van der Waals surface area contributed by atoms with Crippen LogP contribution in [0.25, 0.3) is 11.0 Å². The second kappa shape index (κ2) is 4.55. The molecule has 3 aromatic rings. The number of thiophene rings is 1. The Hall–Kier alpha value is -1.66. The molecule has 0 spiro atoms.